The molecule has 5 nitrogen and oxygen atoms in total. The lowest BCUT2D eigenvalue weighted by molar-refractivity contribution is 0.172. The lowest BCUT2D eigenvalue weighted by Crippen LogP contribution is -2.29. The lowest BCUT2D eigenvalue weighted by atomic mass is 10.0. The molecular formula is C14H16F2N4O. The van der Waals surface area contributed by atoms with Crippen molar-refractivity contribution in [2.45, 2.75) is 25.1 Å². The average molecular weight is 294 g/mol. The molecule has 2 aromatic rings. The topological polar surface area (TPSA) is 54.2 Å². The van der Waals surface area contributed by atoms with E-state index < -0.39 is 17.7 Å². The molecule has 1 aromatic carbocycles. The van der Waals surface area contributed by atoms with Gasteiger partial charge in [0.25, 0.3) is 0 Å². The second kappa shape index (κ2) is 5.87. The van der Waals surface area contributed by atoms with Crippen molar-refractivity contribution in [2.75, 3.05) is 13.1 Å². The molecule has 2 unspecified atom stereocenters. The summed E-state index contributed by atoms with van der Waals surface area (Å²) in [7, 11) is 0. The van der Waals surface area contributed by atoms with Crippen LogP contribution in [0.4, 0.5) is 8.78 Å². The molecule has 21 heavy (non-hydrogen) atoms. The van der Waals surface area contributed by atoms with Crippen LogP contribution in [0.15, 0.2) is 30.9 Å². The molecule has 0 radical (unpaired) electrons. The number of nitrogens with zero attached hydrogens (tertiary/aromatic N) is 4. The summed E-state index contributed by atoms with van der Waals surface area (Å²) in [5.41, 5.74) is 0.296. The van der Waals surface area contributed by atoms with E-state index in [1.807, 2.05) is 4.90 Å². The van der Waals surface area contributed by atoms with Gasteiger partial charge in [-0.15, -0.1) is 0 Å². The van der Waals surface area contributed by atoms with Gasteiger partial charge in [0.1, 0.15) is 24.3 Å². The highest BCUT2D eigenvalue weighted by Gasteiger charge is 2.33. The van der Waals surface area contributed by atoms with Crippen molar-refractivity contribution < 1.29 is 13.9 Å². The van der Waals surface area contributed by atoms with E-state index in [9.17, 15) is 13.9 Å². The molecule has 0 saturated carbocycles. The van der Waals surface area contributed by atoms with Crippen LogP contribution in [0.1, 0.15) is 18.0 Å². The summed E-state index contributed by atoms with van der Waals surface area (Å²) in [6.45, 7) is 1.61. The molecular weight excluding hydrogens is 278 g/mol. The average Bonchev–Trinajstić information content (AvgIpc) is 3.08. The monoisotopic (exact) mass is 294 g/mol. The third-order valence-electron chi connectivity index (χ3n) is 3.78. The summed E-state index contributed by atoms with van der Waals surface area (Å²) in [5, 5.41) is 13.9. The molecule has 112 valence electrons. The highest BCUT2D eigenvalue weighted by atomic mass is 19.1. The van der Waals surface area contributed by atoms with Crippen molar-refractivity contribution in [1.29, 1.82) is 0 Å². The second-order valence-corrected chi connectivity index (χ2v) is 5.22. The van der Waals surface area contributed by atoms with E-state index in [1.165, 1.54) is 12.4 Å². The predicted octanol–water partition coefficient (Wildman–Crippen LogP) is 1.36. The largest absolute Gasteiger partial charge is 0.392 e. The molecule has 0 bridgehead atoms. The maximum atomic E-state index is 13.9. The first kappa shape index (κ1) is 14.1. The van der Waals surface area contributed by atoms with Crippen LogP contribution in [0, 0.1) is 11.6 Å². The molecule has 1 saturated heterocycles. The van der Waals surface area contributed by atoms with E-state index in [0.29, 0.717) is 31.6 Å². The SMILES string of the molecule is OC1CC(c2cc(F)ccc2F)N(CCn2cncn2)C1. The summed E-state index contributed by atoms with van der Waals surface area (Å²) >= 11 is 0. The van der Waals surface area contributed by atoms with Gasteiger partial charge in [-0.1, -0.05) is 0 Å². The fraction of sp³-hybridized carbons (Fsp3) is 0.429. The van der Waals surface area contributed by atoms with E-state index >= 15 is 0 Å². The van der Waals surface area contributed by atoms with Gasteiger partial charge in [-0.25, -0.2) is 13.8 Å². The standard InChI is InChI=1S/C14H16F2N4O/c15-10-1-2-13(16)12(5-10)14-6-11(21)7-19(14)3-4-20-9-17-8-18-20/h1-2,5,8-9,11,14,21H,3-4,6-7H2. The van der Waals surface area contributed by atoms with E-state index in [0.717, 1.165) is 12.1 Å². The van der Waals surface area contributed by atoms with Crippen molar-refractivity contribution >= 4 is 0 Å². The first-order valence-electron chi connectivity index (χ1n) is 6.83. The van der Waals surface area contributed by atoms with Gasteiger partial charge in [0, 0.05) is 24.7 Å². The van der Waals surface area contributed by atoms with Gasteiger partial charge in [-0.05, 0) is 24.6 Å². The Hall–Kier alpha value is -1.86. The molecule has 2 atom stereocenters. The smallest absolute Gasteiger partial charge is 0.137 e. The van der Waals surface area contributed by atoms with Crippen LogP contribution < -0.4 is 0 Å². The molecule has 1 aliphatic rings. The van der Waals surface area contributed by atoms with Gasteiger partial charge in [0.15, 0.2) is 0 Å². The Bertz CT molecular complexity index is 605. The third kappa shape index (κ3) is 3.08. The van der Waals surface area contributed by atoms with Crippen LogP contribution in [0.25, 0.3) is 0 Å². The number of likely N-dealkylation sites (tertiary alicyclic amines) is 1. The lowest BCUT2D eigenvalue weighted by Gasteiger charge is -2.24. The molecule has 7 heteroatoms. The Morgan fingerprint density at radius 2 is 2.14 bits per heavy atom. The number of aromatic nitrogens is 3. The van der Waals surface area contributed by atoms with Gasteiger partial charge >= 0.3 is 0 Å². The zero-order chi connectivity index (χ0) is 14.8. The van der Waals surface area contributed by atoms with Crippen LogP contribution in [0.2, 0.25) is 0 Å². The fourth-order valence-corrected chi connectivity index (χ4v) is 2.80. The third-order valence-corrected chi connectivity index (χ3v) is 3.78. The van der Waals surface area contributed by atoms with E-state index in [1.54, 1.807) is 11.0 Å². The first-order valence-corrected chi connectivity index (χ1v) is 6.83. The van der Waals surface area contributed by atoms with Crippen LogP contribution in [0.5, 0.6) is 0 Å². The van der Waals surface area contributed by atoms with Gasteiger partial charge in [-0.2, -0.15) is 5.10 Å². The number of benzene rings is 1. The maximum absolute atomic E-state index is 13.9. The summed E-state index contributed by atoms with van der Waals surface area (Å²) in [6.07, 6.45) is 2.92. The zero-order valence-corrected chi connectivity index (χ0v) is 11.4. The fourth-order valence-electron chi connectivity index (χ4n) is 2.80. The van der Waals surface area contributed by atoms with Crippen molar-refractivity contribution in [3.8, 4) is 0 Å². The Kier molecular flexibility index (Phi) is 3.94. The molecule has 1 N–H and O–H groups in total. The van der Waals surface area contributed by atoms with Gasteiger partial charge in [0.05, 0.1) is 12.6 Å². The quantitative estimate of drug-likeness (QED) is 0.925. The maximum Gasteiger partial charge on any atom is 0.137 e. The van der Waals surface area contributed by atoms with Gasteiger partial charge in [-0.3, -0.25) is 9.58 Å². The molecule has 2 heterocycles. The van der Waals surface area contributed by atoms with Crippen molar-refractivity contribution in [3.05, 3.63) is 48.1 Å². The molecule has 0 spiro atoms. The molecule has 1 aliphatic heterocycles. The Labute approximate surface area is 120 Å². The van der Waals surface area contributed by atoms with Crippen LogP contribution in [-0.4, -0.2) is 44.0 Å². The highest BCUT2D eigenvalue weighted by molar-refractivity contribution is 5.23. The summed E-state index contributed by atoms with van der Waals surface area (Å²) in [5.74, 6) is -0.912. The van der Waals surface area contributed by atoms with Gasteiger partial charge in [0.2, 0.25) is 0 Å². The molecule has 1 fully saturated rings. The minimum atomic E-state index is -0.534. The van der Waals surface area contributed by atoms with E-state index in [2.05, 4.69) is 10.1 Å². The molecule has 3 rings (SSSR count). The molecule has 0 amide bonds. The second-order valence-electron chi connectivity index (χ2n) is 5.22. The summed E-state index contributed by atoms with van der Waals surface area (Å²) < 4.78 is 29.0. The number of aliphatic hydroxyl groups excluding tert-OH is 1. The number of rotatable bonds is 4. The summed E-state index contributed by atoms with van der Waals surface area (Å²) in [4.78, 5) is 5.81. The number of hydrogen-bond donors (Lipinski definition) is 1. The van der Waals surface area contributed by atoms with Crippen LogP contribution >= 0.6 is 0 Å². The van der Waals surface area contributed by atoms with Crippen molar-refractivity contribution in [2.24, 2.45) is 0 Å². The minimum Gasteiger partial charge on any atom is -0.392 e. The number of aliphatic hydroxyl groups is 1. The summed E-state index contributed by atoms with van der Waals surface area (Å²) in [6, 6.07) is 3.12. The van der Waals surface area contributed by atoms with Crippen LogP contribution in [-0.2, 0) is 6.54 Å². The minimum absolute atomic E-state index is 0.296. The Morgan fingerprint density at radius 1 is 1.29 bits per heavy atom. The Morgan fingerprint density at radius 3 is 2.90 bits per heavy atom. The van der Waals surface area contributed by atoms with Gasteiger partial charge < -0.3 is 5.11 Å². The van der Waals surface area contributed by atoms with E-state index in [4.69, 9.17) is 0 Å². The van der Waals surface area contributed by atoms with E-state index in [-0.39, 0.29) is 6.04 Å². The number of halogens is 2. The Balaban J connectivity index is 1.77. The first-order chi connectivity index (χ1) is 10.1. The van der Waals surface area contributed by atoms with Crippen molar-refractivity contribution in [3.63, 3.8) is 0 Å². The molecule has 1 aromatic heterocycles. The van der Waals surface area contributed by atoms with Crippen molar-refractivity contribution in [1.82, 2.24) is 19.7 Å². The normalized spacial score (nSPS) is 22.8. The number of hydrogen-bond acceptors (Lipinski definition) is 4. The highest BCUT2D eigenvalue weighted by Crippen LogP contribution is 2.33. The van der Waals surface area contributed by atoms with Crippen LogP contribution in [0.3, 0.4) is 0 Å². The predicted molar refractivity (Wildman–Crippen MR) is 71.3 cm³/mol. The molecule has 0 aliphatic carbocycles. The zero-order valence-electron chi connectivity index (χ0n) is 11.4. The number of β-amino-alcohol motifs (C(OH)–C–C–N with tert-alkyl or cyclic N) is 1.